The summed E-state index contributed by atoms with van der Waals surface area (Å²) in [5, 5.41) is 3.57. The van der Waals surface area contributed by atoms with Crippen molar-refractivity contribution in [2.45, 2.75) is 12.6 Å². The van der Waals surface area contributed by atoms with Crippen LogP contribution in [0, 0.1) is 0 Å². The number of pyridine rings is 1. The second-order valence-electron chi connectivity index (χ2n) is 3.77. The van der Waals surface area contributed by atoms with Gasteiger partial charge in [-0.25, -0.2) is 4.98 Å². The molecule has 1 aromatic rings. The lowest BCUT2D eigenvalue weighted by Gasteiger charge is -2.34. The maximum absolute atomic E-state index is 6.24. The summed E-state index contributed by atoms with van der Waals surface area (Å²) in [6, 6.07) is 3.50. The molecule has 0 fully saturated rings. The van der Waals surface area contributed by atoms with Crippen LogP contribution in [-0.2, 0) is 5.66 Å². The Labute approximate surface area is 99.0 Å². The third-order valence-electron chi connectivity index (χ3n) is 2.55. The Kier molecular flexibility index (Phi) is 2.61. The SMILES string of the molecule is CC1=CC=C(N)C(N)(c2ccc(Cl)nc2)N1. The first-order valence-electron chi connectivity index (χ1n) is 4.86. The van der Waals surface area contributed by atoms with Crippen LogP contribution in [0.15, 0.2) is 41.9 Å². The van der Waals surface area contributed by atoms with Gasteiger partial charge in [-0.05, 0) is 25.1 Å². The number of rotatable bonds is 1. The number of hydrogen-bond acceptors (Lipinski definition) is 4. The van der Waals surface area contributed by atoms with E-state index in [-0.39, 0.29) is 0 Å². The summed E-state index contributed by atoms with van der Waals surface area (Å²) in [5.74, 6) is 0. The van der Waals surface area contributed by atoms with Gasteiger partial charge in [-0.15, -0.1) is 0 Å². The Bertz CT molecular complexity index is 463. The first kappa shape index (κ1) is 11.0. The highest BCUT2D eigenvalue weighted by Gasteiger charge is 2.32. The van der Waals surface area contributed by atoms with Crippen LogP contribution in [0.5, 0.6) is 0 Å². The molecule has 1 unspecified atom stereocenters. The molecule has 1 atom stereocenters. The van der Waals surface area contributed by atoms with Crippen molar-refractivity contribution in [3.8, 4) is 0 Å². The summed E-state index contributed by atoms with van der Waals surface area (Å²) in [5.41, 5.74) is 13.5. The van der Waals surface area contributed by atoms with E-state index in [0.717, 1.165) is 11.3 Å². The summed E-state index contributed by atoms with van der Waals surface area (Å²) in [6.45, 7) is 1.92. The Hall–Kier alpha value is -1.52. The molecule has 0 radical (unpaired) electrons. The van der Waals surface area contributed by atoms with Gasteiger partial charge >= 0.3 is 0 Å². The summed E-state index contributed by atoms with van der Waals surface area (Å²) < 4.78 is 0. The zero-order chi connectivity index (χ0) is 11.8. The Morgan fingerprint density at radius 1 is 1.38 bits per heavy atom. The summed E-state index contributed by atoms with van der Waals surface area (Å²) in [6.07, 6.45) is 5.29. The number of nitrogens with zero attached hydrogens (tertiary/aromatic N) is 1. The van der Waals surface area contributed by atoms with E-state index >= 15 is 0 Å². The molecule has 1 aromatic heterocycles. The Morgan fingerprint density at radius 3 is 2.75 bits per heavy atom. The Balaban J connectivity index is 2.43. The predicted molar refractivity (Wildman–Crippen MR) is 64.3 cm³/mol. The molecule has 4 nitrogen and oxygen atoms in total. The van der Waals surface area contributed by atoms with Crippen molar-refractivity contribution in [2.24, 2.45) is 11.5 Å². The number of allylic oxidation sites excluding steroid dienone is 3. The van der Waals surface area contributed by atoms with Crippen LogP contribution < -0.4 is 16.8 Å². The standard InChI is InChI=1S/C11H13ClN4/c1-7-2-4-9(13)11(14,16-7)8-3-5-10(12)15-6-8/h2-6,16H,13-14H2,1H3. The molecule has 0 amide bonds. The molecular formula is C11H13ClN4. The zero-order valence-corrected chi connectivity index (χ0v) is 9.62. The average Bonchev–Trinajstić information content (AvgIpc) is 2.25. The number of hydrogen-bond donors (Lipinski definition) is 3. The summed E-state index contributed by atoms with van der Waals surface area (Å²) in [4.78, 5) is 4.00. The number of nitrogens with one attached hydrogen (secondary N) is 1. The monoisotopic (exact) mass is 236 g/mol. The molecule has 0 saturated heterocycles. The fraction of sp³-hybridized carbons (Fsp3) is 0.182. The van der Waals surface area contributed by atoms with Crippen LogP contribution in [0.2, 0.25) is 5.15 Å². The van der Waals surface area contributed by atoms with Gasteiger partial charge in [0.1, 0.15) is 5.15 Å². The molecule has 0 saturated carbocycles. The van der Waals surface area contributed by atoms with Crippen LogP contribution in [0.4, 0.5) is 0 Å². The largest absolute Gasteiger partial charge is 0.399 e. The van der Waals surface area contributed by atoms with E-state index in [2.05, 4.69) is 10.3 Å². The van der Waals surface area contributed by atoms with Crippen molar-refractivity contribution in [1.82, 2.24) is 10.3 Å². The van der Waals surface area contributed by atoms with Gasteiger partial charge in [0.05, 0.1) is 5.70 Å². The molecule has 0 bridgehead atoms. The number of aromatic nitrogens is 1. The molecule has 5 heteroatoms. The van der Waals surface area contributed by atoms with Crippen molar-refractivity contribution in [1.29, 1.82) is 0 Å². The summed E-state index contributed by atoms with van der Waals surface area (Å²) in [7, 11) is 0. The molecule has 0 aromatic carbocycles. The van der Waals surface area contributed by atoms with Gasteiger partial charge in [-0.3, -0.25) is 5.73 Å². The minimum atomic E-state index is -0.906. The van der Waals surface area contributed by atoms with Crippen LogP contribution in [0.25, 0.3) is 0 Å². The van der Waals surface area contributed by atoms with Crippen molar-refractivity contribution < 1.29 is 0 Å². The van der Waals surface area contributed by atoms with Crippen LogP contribution >= 0.6 is 11.6 Å². The molecule has 1 aliphatic heterocycles. The van der Waals surface area contributed by atoms with Crippen LogP contribution in [0.1, 0.15) is 12.5 Å². The quantitative estimate of drug-likeness (QED) is 0.641. The van der Waals surface area contributed by atoms with E-state index < -0.39 is 5.66 Å². The van der Waals surface area contributed by atoms with Crippen LogP contribution in [-0.4, -0.2) is 4.98 Å². The maximum Gasteiger partial charge on any atom is 0.154 e. The number of dihydropyridines is 1. The minimum Gasteiger partial charge on any atom is -0.399 e. The van der Waals surface area contributed by atoms with E-state index in [4.69, 9.17) is 23.1 Å². The molecule has 16 heavy (non-hydrogen) atoms. The van der Waals surface area contributed by atoms with Crippen molar-refractivity contribution in [3.05, 3.63) is 52.6 Å². The highest BCUT2D eigenvalue weighted by atomic mass is 35.5. The van der Waals surface area contributed by atoms with Gasteiger partial charge in [0, 0.05) is 17.5 Å². The zero-order valence-electron chi connectivity index (χ0n) is 8.87. The molecule has 0 spiro atoms. The van der Waals surface area contributed by atoms with E-state index in [1.54, 1.807) is 18.3 Å². The lowest BCUT2D eigenvalue weighted by atomic mass is 9.95. The van der Waals surface area contributed by atoms with Gasteiger partial charge < -0.3 is 11.1 Å². The third-order valence-corrected chi connectivity index (χ3v) is 2.77. The molecule has 2 rings (SSSR count). The second kappa shape index (κ2) is 3.81. The first-order valence-corrected chi connectivity index (χ1v) is 5.24. The molecular weight excluding hydrogens is 224 g/mol. The minimum absolute atomic E-state index is 0.429. The second-order valence-corrected chi connectivity index (χ2v) is 4.16. The van der Waals surface area contributed by atoms with Gasteiger partial charge in [-0.1, -0.05) is 17.7 Å². The van der Waals surface area contributed by atoms with Gasteiger partial charge in [0.15, 0.2) is 5.66 Å². The molecule has 84 valence electrons. The van der Waals surface area contributed by atoms with Crippen molar-refractivity contribution >= 4 is 11.6 Å². The molecule has 2 heterocycles. The van der Waals surface area contributed by atoms with Gasteiger partial charge in [0.2, 0.25) is 0 Å². The predicted octanol–water partition coefficient (Wildman–Crippen LogP) is 1.20. The van der Waals surface area contributed by atoms with Crippen molar-refractivity contribution in [2.75, 3.05) is 0 Å². The lowest BCUT2D eigenvalue weighted by molar-refractivity contribution is 0.438. The topological polar surface area (TPSA) is 77.0 Å². The molecule has 5 N–H and O–H groups in total. The normalized spacial score (nSPS) is 24.4. The number of halogens is 1. The lowest BCUT2D eigenvalue weighted by Crippen LogP contribution is -2.54. The van der Waals surface area contributed by atoms with Gasteiger partial charge in [-0.2, -0.15) is 0 Å². The van der Waals surface area contributed by atoms with Gasteiger partial charge in [0.25, 0.3) is 0 Å². The fourth-order valence-corrected chi connectivity index (χ4v) is 1.73. The fourth-order valence-electron chi connectivity index (χ4n) is 1.62. The maximum atomic E-state index is 6.24. The van der Waals surface area contributed by atoms with E-state index in [1.165, 1.54) is 0 Å². The molecule has 0 aliphatic carbocycles. The average molecular weight is 237 g/mol. The van der Waals surface area contributed by atoms with E-state index in [1.807, 2.05) is 19.1 Å². The summed E-state index contributed by atoms with van der Waals surface area (Å²) >= 11 is 5.73. The van der Waals surface area contributed by atoms with E-state index in [9.17, 15) is 0 Å². The highest BCUT2D eigenvalue weighted by Crippen LogP contribution is 2.25. The third kappa shape index (κ3) is 1.77. The Morgan fingerprint density at radius 2 is 2.12 bits per heavy atom. The van der Waals surface area contributed by atoms with E-state index in [0.29, 0.717) is 10.9 Å². The van der Waals surface area contributed by atoms with Crippen LogP contribution in [0.3, 0.4) is 0 Å². The molecule has 1 aliphatic rings. The first-order chi connectivity index (χ1) is 7.52. The highest BCUT2D eigenvalue weighted by molar-refractivity contribution is 6.29. The smallest absolute Gasteiger partial charge is 0.154 e. The van der Waals surface area contributed by atoms with Crippen molar-refractivity contribution in [3.63, 3.8) is 0 Å². The number of nitrogens with two attached hydrogens (primary N) is 2.